The number of nitrogens with one attached hydrogen (secondary N) is 2. The highest BCUT2D eigenvalue weighted by Crippen LogP contribution is 2.24. The van der Waals surface area contributed by atoms with Gasteiger partial charge in [-0.25, -0.2) is 13.4 Å². The van der Waals surface area contributed by atoms with E-state index in [1.165, 1.54) is 0 Å². The maximum absolute atomic E-state index is 12.3. The molecule has 0 atom stereocenters. The molecule has 0 aliphatic heterocycles. The topological polar surface area (TPSA) is 88.2 Å². The van der Waals surface area contributed by atoms with Crippen LogP contribution >= 0.6 is 11.3 Å². The van der Waals surface area contributed by atoms with Crippen LogP contribution in [0, 0.1) is 20.8 Å². The van der Waals surface area contributed by atoms with Gasteiger partial charge in [0, 0.05) is 5.69 Å². The Balaban J connectivity index is 2.22. The predicted octanol–water partition coefficient (Wildman–Crippen LogP) is 2.69. The van der Waals surface area contributed by atoms with E-state index in [-0.39, 0.29) is 11.0 Å². The summed E-state index contributed by atoms with van der Waals surface area (Å²) in [7, 11) is -3.41. The van der Waals surface area contributed by atoms with Crippen LogP contribution in [-0.2, 0) is 10.0 Å². The van der Waals surface area contributed by atoms with E-state index >= 15 is 0 Å². The average Bonchev–Trinajstić information content (AvgIpc) is 2.66. The van der Waals surface area contributed by atoms with Crippen molar-refractivity contribution in [2.75, 3.05) is 16.3 Å². The van der Waals surface area contributed by atoms with Gasteiger partial charge < -0.3 is 5.32 Å². The lowest BCUT2D eigenvalue weighted by atomic mass is 10.1. The smallest absolute Gasteiger partial charge is 0.267 e. The summed E-state index contributed by atoms with van der Waals surface area (Å²) in [6, 6.07) is 5.76. The normalized spacial score (nSPS) is 11.3. The second kappa shape index (κ2) is 6.05. The third-order valence-electron chi connectivity index (χ3n) is 2.76. The number of carbonyl (C=O) groups is 1. The molecule has 0 spiro atoms. The molecule has 2 aromatic rings. The minimum Gasteiger partial charge on any atom is -0.321 e. The number of sulfonamides is 1. The number of amides is 1. The molecule has 22 heavy (non-hydrogen) atoms. The zero-order valence-corrected chi connectivity index (χ0v) is 14.4. The number of hydrogen-bond donors (Lipinski definition) is 2. The Bertz CT molecular complexity index is 806. The summed E-state index contributed by atoms with van der Waals surface area (Å²) in [5.41, 5.74) is 3.29. The van der Waals surface area contributed by atoms with Crippen molar-refractivity contribution in [3.63, 3.8) is 0 Å². The van der Waals surface area contributed by atoms with E-state index in [4.69, 9.17) is 0 Å². The summed E-state index contributed by atoms with van der Waals surface area (Å²) in [6.07, 6.45) is 1.04. The van der Waals surface area contributed by atoms with Crippen LogP contribution in [0.25, 0.3) is 0 Å². The second-order valence-corrected chi connectivity index (χ2v) is 7.89. The predicted molar refractivity (Wildman–Crippen MR) is 89.2 cm³/mol. The third-order valence-corrected chi connectivity index (χ3v) is 4.52. The fourth-order valence-electron chi connectivity index (χ4n) is 2.04. The van der Waals surface area contributed by atoms with E-state index in [1.54, 1.807) is 6.92 Å². The van der Waals surface area contributed by atoms with Crippen LogP contribution in [0.2, 0.25) is 0 Å². The van der Waals surface area contributed by atoms with Crippen molar-refractivity contribution in [1.82, 2.24) is 4.98 Å². The minimum absolute atomic E-state index is 0.186. The van der Waals surface area contributed by atoms with E-state index in [2.05, 4.69) is 15.0 Å². The fraction of sp³-hybridized carbons (Fsp3) is 0.286. The first-order chi connectivity index (χ1) is 10.1. The second-order valence-electron chi connectivity index (χ2n) is 5.14. The highest BCUT2D eigenvalue weighted by Gasteiger charge is 2.17. The molecular formula is C14H17N3O3S2. The molecule has 0 saturated carbocycles. The van der Waals surface area contributed by atoms with Crippen LogP contribution in [0.3, 0.4) is 0 Å². The SMILES string of the molecule is Cc1cc(C)cc(NC(=O)c2sc(NS(C)(=O)=O)nc2C)c1. The molecule has 0 unspecified atom stereocenters. The molecule has 1 aromatic carbocycles. The van der Waals surface area contributed by atoms with Crippen molar-refractivity contribution in [3.05, 3.63) is 39.9 Å². The highest BCUT2D eigenvalue weighted by atomic mass is 32.2. The lowest BCUT2D eigenvalue weighted by Crippen LogP contribution is -2.11. The number of anilines is 2. The lowest BCUT2D eigenvalue weighted by Gasteiger charge is -2.06. The number of rotatable bonds is 4. The Morgan fingerprint density at radius 2 is 1.73 bits per heavy atom. The molecule has 1 heterocycles. The van der Waals surface area contributed by atoms with E-state index in [1.807, 2.05) is 32.0 Å². The van der Waals surface area contributed by atoms with Crippen molar-refractivity contribution in [2.45, 2.75) is 20.8 Å². The molecule has 0 bridgehead atoms. The zero-order valence-electron chi connectivity index (χ0n) is 12.7. The van der Waals surface area contributed by atoms with Gasteiger partial charge in [0.25, 0.3) is 5.91 Å². The van der Waals surface area contributed by atoms with Crippen molar-refractivity contribution in [1.29, 1.82) is 0 Å². The molecule has 1 amide bonds. The molecular weight excluding hydrogens is 322 g/mol. The van der Waals surface area contributed by atoms with Gasteiger partial charge in [-0.2, -0.15) is 0 Å². The molecule has 0 aliphatic carbocycles. The van der Waals surface area contributed by atoms with E-state index in [0.29, 0.717) is 16.3 Å². The molecule has 0 saturated heterocycles. The number of nitrogens with zero attached hydrogens (tertiary/aromatic N) is 1. The van der Waals surface area contributed by atoms with Crippen LogP contribution in [0.1, 0.15) is 26.5 Å². The van der Waals surface area contributed by atoms with Crippen molar-refractivity contribution in [3.8, 4) is 0 Å². The number of hydrogen-bond acceptors (Lipinski definition) is 5. The fourth-order valence-corrected chi connectivity index (χ4v) is 3.74. The number of aryl methyl sites for hydroxylation is 3. The molecule has 0 radical (unpaired) electrons. The van der Waals surface area contributed by atoms with Crippen LogP contribution in [0.4, 0.5) is 10.8 Å². The molecule has 0 aliphatic rings. The Morgan fingerprint density at radius 3 is 2.27 bits per heavy atom. The van der Waals surface area contributed by atoms with E-state index in [9.17, 15) is 13.2 Å². The summed E-state index contributed by atoms with van der Waals surface area (Å²) < 4.78 is 24.7. The van der Waals surface area contributed by atoms with Gasteiger partial charge >= 0.3 is 0 Å². The number of benzene rings is 1. The molecule has 1 aromatic heterocycles. The summed E-state index contributed by atoms with van der Waals surface area (Å²) in [5, 5.41) is 3.00. The Hall–Kier alpha value is -1.93. The standard InChI is InChI=1S/C14H17N3O3S2/c1-8-5-9(2)7-11(6-8)16-13(18)12-10(3)15-14(21-12)17-22(4,19)20/h5-7H,1-4H3,(H,15,17)(H,16,18). The molecule has 8 heteroatoms. The maximum atomic E-state index is 12.3. The third kappa shape index (κ3) is 4.28. The quantitative estimate of drug-likeness (QED) is 0.896. The van der Waals surface area contributed by atoms with Crippen LogP contribution < -0.4 is 10.0 Å². The number of carbonyl (C=O) groups excluding carboxylic acids is 1. The Kier molecular flexibility index (Phi) is 4.52. The summed E-state index contributed by atoms with van der Waals surface area (Å²) in [6.45, 7) is 5.57. The van der Waals surface area contributed by atoms with E-state index in [0.717, 1.165) is 28.7 Å². The largest absolute Gasteiger partial charge is 0.321 e. The summed E-state index contributed by atoms with van der Waals surface area (Å²) in [4.78, 5) is 16.8. The van der Waals surface area contributed by atoms with Gasteiger partial charge in [-0.3, -0.25) is 9.52 Å². The first-order valence-corrected chi connectivity index (χ1v) is 9.20. The van der Waals surface area contributed by atoms with Gasteiger partial charge in [0.05, 0.1) is 11.9 Å². The van der Waals surface area contributed by atoms with Crippen LogP contribution in [0.5, 0.6) is 0 Å². The van der Waals surface area contributed by atoms with Gasteiger partial charge in [-0.15, -0.1) is 0 Å². The maximum Gasteiger partial charge on any atom is 0.267 e. The van der Waals surface area contributed by atoms with Gasteiger partial charge in [0.1, 0.15) is 4.88 Å². The summed E-state index contributed by atoms with van der Waals surface area (Å²) >= 11 is 1.01. The minimum atomic E-state index is -3.41. The molecule has 6 nitrogen and oxygen atoms in total. The first kappa shape index (κ1) is 16.4. The van der Waals surface area contributed by atoms with Crippen molar-refractivity contribution < 1.29 is 13.2 Å². The molecule has 0 fully saturated rings. The zero-order chi connectivity index (χ0) is 16.5. The van der Waals surface area contributed by atoms with Crippen molar-refractivity contribution >= 4 is 38.1 Å². The Morgan fingerprint density at radius 1 is 1.14 bits per heavy atom. The average molecular weight is 339 g/mol. The van der Waals surface area contributed by atoms with Crippen LogP contribution in [-0.4, -0.2) is 25.6 Å². The Labute approximate surface area is 133 Å². The van der Waals surface area contributed by atoms with Gasteiger partial charge in [-0.05, 0) is 44.0 Å². The monoisotopic (exact) mass is 339 g/mol. The van der Waals surface area contributed by atoms with E-state index < -0.39 is 10.0 Å². The number of aromatic nitrogens is 1. The molecule has 118 valence electrons. The molecule has 2 N–H and O–H groups in total. The highest BCUT2D eigenvalue weighted by molar-refractivity contribution is 7.92. The lowest BCUT2D eigenvalue weighted by molar-refractivity contribution is 0.103. The van der Waals surface area contributed by atoms with Gasteiger partial charge in [-0.1, -0.05) is 17.4 Å². The summed E-state index contributed by atoms with van der Waals surface area (Å²) in [5.74, 6) is -0.304. The number of thiazole rings is 1. The van der Waals surface area contributed by atoms with Gasteiger partial charge in [0.2, 0.25) is 10.0 Å². The van der Waals surface area contributed by atoms with Crippen molar-refractivity contribution in [2.24, 2.45) is 0 Å². The molecule has 2 rings (SSSR count). The first-order valence-electron chi connectivity index (χ1n) is 6.49. The van der Waals surface area contributed by atoms with Crippen LogP contribution in [0.15, 0.2) is 18.2 Å². The van der Waals surface area contributed by atoms with Gasteiger partial charge in [0.15, 0.2) is 5.13 Å².